The van der Waals surface area contributed by atoms with Crippen LogP contribution in [0.3, 0.4) is 0 Å². The fourth-order valence-electron chi connectivity index (χ4n) is 3.83. The number of carbonyl (C=O) groups is 1. The third-order valence-corrected chi connectivity index (χ3v) is 5.84. The van der Waals surface area contributed by atoms with E-state index in [1.54, 1.807) is 0 Å². The maximum atomic E-state index is 12.5. The SMILES string of the molecule is Cc1nc2cc(-c3ccc(Cl)cc3)nn2c(C)c1CCC(=O)NC(C)c1ccccc1. The van der Waals surface area contributed by atoms with Crippen molar-refractivity contribution in [2.75, 3.05) is 0 Å². The van der Waals surface area contributed by atoms with E-state index in [0.717, 1.165) is 39.4 Å². The van der Waals surface area contributed by atoms with E-state index in [2.05, 4.69) is 5.32 Å². The minimum atomic E-state index is -0.0236. The van der Waals surface area contributed by atoms with Gasteiger partial charge in [0, 0.05) is 34.5 Å². The van der Waals surface area contributed by atoms with Gasteiger partial charge in [0.2, 0.25) is 5.91 Å². The Bertz CT molecular complexity index is 1220. The fourth-order valence-corrected chi connectivity index (χ4v) is 3.95. The highest BCUT2D eigenvalue weighted by atomic mass is 35.5. The van der Waals surface area contributed by atoms with Gasteiger partial charge < -0.3 is 5.32 Å². The molecule has 5 nitrogen and oxygen atoms in total. The van der Waals surface area contributed by atoms with Crippen molar-refractivity contribution in [1.29, 1.82) is 0 Å². The van der Waals surface area contributed by atoms with Crippen LogP contribution in [0.5, 0.6) is 0 Å². The van der Waals surface area contributed by atoms with Gasteiger partial charge in [-0.25, -0.2) is 9.50 Å². The molecule has 1 atom stereocenters. The topological polar surface area (TPSA) is 59.3 Å². The van der Waals surface area contributed by atoms with Crippen LogP contribution >= 0.6 is 11.6 Å². The Labute approximate surface area is 187 Å². The summed E-state index contributed by atoms with van der Waals surface area (Å²) in [5.74, 6) is 0.0255. The number of aromatic nitrogens is 3. The lowest BCUT2D eigenvalue weighted by molar-refractivity contribution is -0.121. The number of hydrogen-bond acceptors (Lipinski definition) is 3. The number of nitrogens with one attached hydrogen (secondary N) is 1. The molecule has 0 bridgehead atoms. The zero-order valence-electron chi connectivity index (χ0n) is 17.9. The van der Waals surface area contributed by atoms with E-state index in [9.17, 15) is 4.79 Å². The Hall–Kier alpha value is -3.18. The number of nitrogens with zero attached hydrogens (tertiary/aromatic N) is 3. The van der Waals surface area contributed by atoms with Crippen molar-refractivity contribution in [3.63, 3.8) is 0 Å². The molecule has 1 unspecified atom stereocenters. The second-order valence-corrected chi connectivity index (χ2v) is 8.20. The molecule has 0 radical (unpaired) electrons. The number of halogens is 1. The molecule has 31 heavy (non-hydrogen) atoms. The van der Waals surface area contributed by atoms with E-state index >= 15 is 0 Å². The predicted molar refractivity (Wildman–Crippen MR) is 124 cm³/mol. The quantitative estimate of drug-likeness (QED) is 0.439. The summed E-state index contributed by atoms with van der Waals surface area (Å²) in [6, 6.07) is 19.5. The molecule has 1 N–H and O–H groups in total. The molecule has 1 amide bonds. The van der Waals surface area contributed by atoms with Crippen molar-refractivity contribution in [3.05, 3.63) is 88.2 Å². The number of amides is 1. The molecule has 2 heterocycles. The second kappa shape index (κ2) is 8.90. The van der Waals surface area contributed by atoms with Crippen LogP contribution in [0.25, 0.3) is 16.9 Å². The maximum absolute atomic E-state index is 12.5. The van der Waals surface area contributed by atoms with E-state index in [4.69, 9.17) is 21.7 Å². The van der Waals surface area contributed by atoms with Gasteiger partial charge in [-0.1, -0.05) is 54.1 Å². The Morgan fingerprint density at radius 2 is 1.81 bits per heavy atom. The van der Waals surface area contributed by atoms with Crippen molar-refractivity contribution in [3.8, 4) is 11.3 Å². The number of hydrogen-bond donors (Lipinski definition) is 1. The summed E-state index contributed by atoms with van der Waals surface area (Å²) in [4.78, 5) is 17.3. The van der Waals surface area contributed by atoms with Crippen LogP contribution in [-0.4, -0.2) is 20.5 Å². The molecule has 4 rings (SSSR count). The lowest BCUT2D eigenvalue weighted by Crippen LogP contribution is -2.27. The van der Waals surface area contributed by atoms with Gasteiger partial charge in [-0.3, -0.25) is 4.79 Å². The average molecular weight is 433 g/mol. The van der Waals surface area contributed by atoms with Gasteiger partial charge in [0.1, 0.15) is 0 Å². The molecule has 4 aromatic rings. The van der Waals surface area contributed by atoms with E-state index in [0.29, 0.717) is 17.9 Å². The molecular weight excluding hydrogens is 408 g/mol. The van der Waals surface area contributed by atoms with Gasteiger partial charge in [-0.05, 0) is 50.5 Å². The summed E-state index contributed by atoms with van der Waals surface area (Å²) in [7, 11) is 0. The monoisotopic (exact) mass is 432 g/mol. The summed E-state index contributed by atoms with van der Waals surface area (Å²) in [5, 5.41) is 8.51. The largest absolute Gasteiger partial charge is 0.350 e. The molecule has 0 saturated heterocycles. The summed E-state index contributed by atoms with van der Waals surface area (Å²) in [6.45, 7) is 6.02. The van der Waals surface area contributed by atoms with Crippen LogP contribution < -0.4 is 5.32 Å². The zero-order valence-corrected chi connectivity index (χ0v) is 18.6. The van der Waals surface area contributed by atoms with Gasteiger partial charge >= 0.3 is 0 Å². The number of rotatable bonds is 6. The van der Waals surface area contributed by atoms with Gasteiger partial charge in [-0.15, -0.1) is 0 Å². The number of carbonyl (C=O) groups excluding carboxylic acids is 1. The summed E-state index contributed by atoms with van der Waals surface area (Å²) < 4.78 is 1.86. The van der Waals surface area contributed by atoms with Crippen LogP contribution in [0, 0.1) is 13.8 Å². The van der Waals surface area contributed by atoms with Crippen LogP contribution in [0.15, 0.2) is 60.7 Å². The molecule has 0 aliphatic rings. The van der Waals surface area contributed by atoms with Crippen LogP contribution in [0.2, 0.25) is 5.02 Å². The number of benzene rings is 2. The highest BCUT2D eigenvalue weighted by molar-refractivity contribution is 6.30. The summed E-state index contributed by atoms with van der Waals surface area (Å²) in [6.07, 6.45) is 1.02. The lowest BCUT2D eigenvalue weighted by Gasteiger charge is -2.15. The molecule has 2 aromatic carbocycles. The fraction of sp³-hybridized carbons (Fsp3) is 0.240. The van der Waals surface area contributed by atoms with Crippen molar-refractivity contribution < 1.29 is 4.79 Å². The number of fused-ring (bicyclic) bond motifs is 1. The van der Waals surface area contributed by atoms with Crippen LogP contribution in [-0.2, 0) is 11.2 Å². The summed E-state index contributed by atoms with van der Waals surface area (Å²) in [5.41, 5.74) is 6.72. The molecule has 0 aliphatic heterocycles. The molecule has 158 valence electrons. The molecule has 0 fully saturated rings. The first kappa shape index (κ1) is 21.1. The minimum absolute atomic E-state index is 0.0236. The molecule has 0 aliphatic carbocycles. The summed E-state index contributed by atoms with van der Waals surface area (Å²) >= 11 is 6.00. The van der Waals surface area contributed by atoms with Crippen LogP contribution in [0.1, 0.15) is 41.9 Å². The van der Waals surface area contributed by atoms with Crippen molar-refractivity contribution >= 4 is 23.2 Å². The maximum Gasteiger partial charge on any atom is 0.220 e. The minimum Gasteiger partial charge on any atom is -0.350 e. The zero-order chi connectivity index (χ0) is 22.0. The van der Waals surface area contributed by atoms with Crippen molar-refractivity contribution in [2.45, 2.75) is 39.7 Å². The molecule has 0 saturated carbocycles. The Morgan fingerprint density at radius 3 is 2.52 bits per heavy atom. The van der Waals surface area contributed by atoms with Crippen molar-refractivity contribution in [2.24, 2.45) is 0 Å². The Kier molecular flexibility index (Phi) is 6.05. The van der Waals surface area contributed by atoms with Gasteiger partial charge in [0.25, 0.3) is 0 Å². The first-order chi connectivity index (χ1) is 14.9. The molecule has 6 heteroatoms. The lowest BCUT2D eigenvalue weighted by atomic mass is 10.1. The van der Waals surface area contributed by atoms with Crippen molar-refractivity contribution in [1.82, 2.24) is 19.9 Å². The Morgan fingerprint density at radius 1 is 1.10 bits per heavy atom. The number of aryl methyl sites for hydroxylation is 2. The third kappa shape index (κ3) is 4.62. The first-order valence-corrected chi connectivity index (χ1v) is 10.8. The molecular formula is C25H25ClN4O. The van der Waals surface area contributed by atoms with E-state index in [1.165, 1.54) is 0 Å². The Balaban J connectivity index is 1.51. The normalized spacial score (nSPS) is 12.1. The smallest absolute Gasteiger partial charge is 0.220 e. The standard InChI is InChI=1S/C25H25ClN4O/c1-16(19-7-5-4-6-8-19)28-25(31)14-13-22-17(2)27-24-15-23(29-30(24)18(22)3)20-9-11-21(26)12-10-20/h4-12,15-16H,13-14H2,1-3H3,(H,28,31). The van der Waals surface area contributed by atoms with Crippen LogP contribution in [0.4, 0.5) is 0 Å². The third-order valence-electron chi connectivity index (χ3n) is 5.58. The molecule has 2 aromatic heterocycles. The van der Waals surface area contributed by atoms with Gasteiger partial charge in [0.05, 0.1) is 11.7 Å². The van der Waals surface area contributed by atoms with E-state index < -0.39 is 0 Å². The van der Waals surface area contributed by atoms with E-state index in [-0.39, 0.29) is 11.9 Å². The highest BCUT2D eigenvalue weighted by Crippen LogP contribution is 2.24. The average Bonchev–Trinajstić information content (AvgIpc) is 3.19. The highest BCUT2D eigenvalue weighted by Gasteiger charge is 2.15. The van der Waals surface area contributed by atoms with Gasteiger partial charge in [0.15, 0.2) is 5.65 Å². The predicted octanol–water partition coefficient (Wildman–Crippen LogP) is 5.48. The first-order valence-electron chi connectivity index (χ1n) is 10.4. The molecule has 0 spiro atoms. The van der Waals surface area contributed by atoms with Gasteiger partial charge in [-0.2, -0.15) is 5.10 Å². The van der Waals surface area contributed by atoms with E-state index in [1.807, 2.05) is 86.0 Å². The second-order valence-electron chi connectivity index (χ2n) is 7.77.